The zero-order valence-corrected chi connectivity index (χ0v) is 9.68. The smallest absolute Gasteiger partial charge is 0.422 e. The second-order valence-corrected chi connectivity index (χ2v) is 3.58. The lowest BCUT2D eigenvalue weighted by atomic mass is 10.2. The van der Waals surface area contributed by atoms with Gasteiger partial charge < -0.3 is 9.47 Å². The lowest BCUT2D eigenvalue weighted by Crippen LogP contribution is -2.21. The summed E-state index contributed by atoms with van der Waals surface area (Å²) in [5.41, 5.74) is -0.0680. The number of ether oxygens (including phenoxy) is 2. The second kappa shape index (κ2) is 5.90. The fourth-order valence-corrected chi connectivity index (χ4v) is 1.13. The Labute approximate surface area is 109 Å². The van der Waals surface area contributed by atoms with Crippen LogP contribution in [0.25, 0.3) is 0 Å². The molecule has 0 aliphatic rings. The molecule has 3 nitrogen and oxygen atoms in total. The number of benzene rings is 1. The van der Waals surface area contributed by atoms with Crippen LogP contribution < -0.4 is 9.47 Å². The third kappa shape index (κ3) is 5.69. The predicted octanol–water partition coefficient (Wildman–Crippen LogP) is 3.44. The Morgan fingerprint density at radius 1 is 0.900 bits per heavy atom. The molecule has 0 unspecified atom stereocenters. The van der Waals surface area contributed by atoms with Crippen molar-refractivity contribution in [3.63, 3.8) is 0 Å². The van der Waals surface area contributed by atoms with Gasteiger partial charge in [0, 0.05) is 6.07 Å². The number of alkyl halides is 6. The van der Waals surface area contributed by atoms with Gasteiger partial charge in [0.25, 0.3) is 0 Å². The maximum absolute atomic E-state index is 12.0. The standard InChI is InChI=1S/C11H7F6NO2/c12-10(13,14)5-19-8-2-1-7(4-18)3-9(8)20-6-11(15,16)17/h1-3H,5-6H2. The van der Waals surface area contributed by atoms with Gasteiger partial charge in [-0.05, 0) is 12.1 Å². The van der Waals surface area contributed by atoms with Crippen LogP contribution in [0, 0.1) is 11.3 Å². The third-order valence-corrected chi connectivity index (χ3v) is 1.86. The molecule has 0 fully saturated rings. The van der Waals surface area contributed by atoms with Crippen LogP contribution in [0.15, 0.2) is 18.2 Å². The molecule has 9 heteroatoms. The van der Waals surface area contributed by atoms with Crippen LogP contribution in [-0.4, -0.2) is 25.6 Å². The molecule has 0 heterocycles. The average molecular weight is 299 g/mol. The molecular weight excluding hydrogens is 292 g/mol. The molecule has 0 aliphatic heterocycles. The maximum Gasteiger partial charge on any atom is 0.422 e. The Hall–Kier alpha value is -2.11. The number of halogens is 6. The van der Waals surface area contributed by atoms with Gasteiger partial charge in [-0.15, -0.1) is 0 Å². The minimum atomic E-state index is -4.66. The first kappa shape index (κ1) is 15.9. The molecule has 0 saturated heterocycles. The van der Waals surface area contributed by atoms with Crippen molar-refractivity contribution in [3.05, 3.63) is 23.8 Å². The minimum absolute atomic E-state index is 0.0680. The summed E-state index contributed by atoms with van der Waals surface area (Å²) in [5.74, 6) is -1.10. The molecule has 0 atom stereocenters. The Balaban J connectivity index is 2.90. The number of nitrogens with zero attached hydrogens (tertiary/aromatic N) is 1. The first-order valence-corrected chi connectivity index (χ1v) is 5.04. The van der Waals surface area contributed by atoms with Crippen molar-refractivity contribution in [1.29, 1.82) is 5.26 Å². The van der Waals surface area contributed by atoms with Gasteiger partial charge in [-0.25, -0.2) is 0 Å². The summed E-state index contributed by atoms with van der Waals surface area (Å²) >= 11 is 0. The molecule has 0 aromatic heterocycles. The monoisotopic (exact) mass is 299 g/mol. The third-order valence-electron chi connectivity index (χ3n) is 1.86. The van der Waals surface area contributed by atoms with Gasteiger partial charge >= 0.3 is 12.4 Å². The van der Waals surface area contributed by atoms with E-state index in [9.17, 15) is 26.3 Å². The lowest BCUT2D eigenvalue weighted by Gasteiger charge is -2.15. The van der Waals surface area contributed by atoms with E-state index in [1.165, 1.54) is 0 Å². The summed E-state index contributed by atoms with van der Waals surface area (Å²) in [7, 11) is 0. The van der Waals surface area contributed by atoms with E-state index in [-0.39, 0.29) is 5.56 Å². The molecule has 0 bridgehead atoms. The van der Waals surface area contributed by atoms with Crippen LogP contribution in [0.1, 0.15) is 5.56 Å². The zero-order chi connectivity index (χ0) is 15.4. The van der Waals surface area contributed by atoms with Crippen molar-refractivity contribution in [2.24, 2.45) is 0 Å². The fraction of sp³-hybridized carbons (Fsp3) is 0.364. The van der Waals surface area contributed by atoms with E-state index in [0.717, 1.165) is 18.2 Å². The Kier molecular flexibility index (Phi) is 4.70. The largest absolute Gasteiger partial charge is 0.480 e. The molecule has 0 spiro atoms. The quantitative estimate of drug-likeness (QED) is 0.800. The van der Waals surface area contributed by atoms with Crippen molar-refractivity contribution >= 4 is 0 Å². The van der Waals surface area contributed by atoms with Crippen molar-refractivity contribution in [2.45, 2.75) is 12.4 Å². The average Bonchev–Trinajstić information content (AvgIpc) is 2.32. The summed E-state index contributed by atoms with van der Waals surface area (Å²) in [6.07, 6.45) is -9.31. The Bertz CT molecular complexity index is 503. The fourth-order valence-electron chi connectivity index (χ4n) is 1.13. The summed E-state index contributed by atoms with van der Waals surface area (Å²) in [6.45, 7) is -3.38. The van der Waals surface area contributed by atoms with E-state index < -0.39 is 37.1 Å². The van der Waals surface area contributed by atoms with Gasteiger partial charge in [0.05, 0.1) is 11.6 Å². The molecule has 0 saturated carbocycles. The van der Waals surface area contributed by atoms with E-state index in [4.69, 9.17) is 5.26 Å². The summed E-state index contributed by atoms with van der Waals surface area (Å²) in [5, 5.41) is 8.59. The lowest BCUT2D eigenvalue weighted by molar-refractivity contribution is -0.158. The molecule has 110 valence electrons. The van der Waals surface area contributed by atoms with Crippen LogP contribution in [-0.2, 0) is 0 Å². The molecular formula is C11H7F6NO2. The van der Waals surface area contributed by atoms with E-state index in [1.807, 2.05) is 0 Å². The normalized spacial score (nSPS) is 11.8. The van der Waals surface area contributed by atoms with Crippen LogP contribution in [0.4, 0.5) is 26.3 Å². The summed E-state index contributed by atoms with van der Waals surface area (Å²) < 4.78 is 80.7. The maximum atomic E-state index is 12.0. The molecule has 0 radical (unpaired) electrons. The summed E-state index contributed by atoms with van der Waals surface area (Å²) in [6, 6.07) is 4.54. The molecule has 1 aromatic carbocycles. The summed E-state index contributed by atoms with van der Waals surface area (Å²) in [4.78, 5) is 0. The van der Waals surface area contributed by atoms with E-state index in [0.29, 0.717) is 0 Å². The van der Waals surface area contributed by atoms with Crippen molar-refractivity contribution in [2.75, 3.05) is 13.2 Å². The van der Waals surface area contributed by atoms with E-state index >= 15 is 0 Å². The first-order valence-electron chi connectivity index (χ1n) is 5.04. The van der Waals surface area contributed by atoms with Crippen molar-refractivity contribution < 1.29 is 35.8 Å². The van der Waals surface area contributed by atoms with Crippen molar-refractivity contribution in [3.8, 4) is 17.6 Å². The van der Waals surface area contributed by atoms with Gasteiger partial charge in [0.2, 0.25) is 0 Å². The van der Waals surface area contributed by atoms with E-state index in [1.54, 1.807) is 6.07 Å². The highest BCUT2D eigenvalue weighted by atomic mass is 19.4. The molecule has 1 rings (SSSR count). The predicted molar refractivity (Wildman–Crippen MR) is 54.3 cm³/mol. The zero-order valence-electron chi connectivity index (χ0n) is 9.68. The highest BCUT2D eigenvalue weighted by Crippen LogP contribution is 2.31. The van der Waals surface area contributed by atoms with Crippen LogP contribution >= 0.6 is 0 Å². The SMILES string of the molecule is N#Cc1ccc(OCC(F)(F)F)c(OCC(F)(F)F)c1. The number of hydrogen-bond acceptors (Lipinski definition) is 3. The van der Waals surface area contributed by atoms with Crippen LogP contribution in [0.3, 0.4) is 0 Å². The van der Waals surface area contributed by atoms with Crippen LogP contribution in [0.5, 0.6) is 11.5 Å². The minimum Gasteiger partial charge on any atom is -0.480 e. The van der Waals surface area contributed by atoms with E-state index in [2.05, 4.69) is 9.47 Å². The number of hydrogen-bond donors (Lipinski definition) is 0. The molecule has 1 aromatic rings. The topological polar surface area (TPSA) is 42.2 Å². The van der Waals surface area contributed by atoms with Crippen molar-refractivity contribution in [1.82, 2.24) is 0 Å². The van der Waals surface area contributed by atoms with Gasteiger partial charge in [-0.2, -0.15) is 31.6 Å². The molecule has 0 amide bonds. The van der Waals surface area contributed by atoms with Gasteiger partial charge in [-0.3, -0.25) is 0 Å². The second-order valence-electron chi connectivity index (χ2n) is 3.58. The highest BCUT2D eigenvalue weighted by molar-refractivity contribution is 5.46. The molecule has 0 aliphatic carbocycles. The Morgan fingerprint density at radius 2 is 1.40 bits per heavy atom. The van der Waals surface area contributed by atoms with Crippen LogP contribution in [0.2, 0.25) is 0 Å². The number of nitriles is 1. The highest BCUT2D eigenvalue weighted by Gasteiger charge is 2.31. The van der Waals surface area contributed by atoms with Gasteiger partial charge in [0.1, 0.15) is 0 Å². The number of rotatable bonds is 4. The van der Waals surface area contributed by atoms with Gasteiger partial charge in [0.15, 0.2) is 24.7 Å². The van der Waals surface area contributed by atoms with Gasteiger partial charge in [-0.1, -0.05) is 0 Å². The molecule has 20 heavy (non-hydrogen) atoms. The first-order chi connectivity index (χ1) is 9.11. The molecule has 0 N–H and O–H groups in total. The Morgan fingerprint density at radius 3 is 1.85 bits per heavy atom.